The van der Waals surface area contributed by atoms with E-state index < -0.39 is 30.3 Å². The molecule has 0 fully saturated rings. The Hall–Kier alpha value is -4.01. The minimum absolute atomic E-state index is 0.0612. The zero-order valence-electron chi connectivity index (χ0n) is 16.1. The first-order chi connectivity index (χ1) is 14.8. The summed E-state index contributed by atoms with van der Waals surface area (Å²) < 4.78 is 43.3. The van der Waals surface area contributed by atoms with Crippen LogP contribution in [0.5, 0.6) is 5.75 Å². The second-order valence-corrected chi connectivity index (χ2v) is 6.38. The molecule has 3 amide bonds. The molecule has 9 heteroatoms. The summed E-state index contributed by atoms with van der Waals surface area (Å²) in [7, 11) is 0. The molecule has 0 atom stereocenters. The molecular formula is C22H18F3N3O3. The number of urea groups is 1. The van der Waals surface area contributed by atoms with E-state index in [1.165, 1.54) is 12.1 Å². The summed E-state index contributed by atoms with van der Waals surface area (Å²) in [5, 5.41) is 7.89. The quantitative estimate of drug-likeness (QED) is 0.493. The number of alkyl halides is 3. The molecule has 0 bridgehead atoms. The highest BCUT2D eigenvalue weighted by Crippen LogP contribution is 2.31. The average Bonchev–Trinajstić information content (AvgIpc) is 2.74. The molecule has 0 unspecified atom stereocenters. The number of halogens is 3. The fourth-order valence-electron chi connectivity index (χ4n) is 2.56. The molecule has 160 valence electrons. The Balaban J connectivity index is 1.48. The summed E-state index contributed by atoms with van der Waals surface area (Å²) in [6.07, 6.45) is -4.49. The minimum atomic E-state index is -4.49. The Labute approximate surface area is 176 Å². The molecule has 3 rings (SSSR count). The zero-order valence-corrected chi connectivity index (χ0v) is 16.1. The molecule has 0 aliphatic rings. The number of ether oxygens (including phenoxy) is 1. The molecule has 31 heavy (non-hydrogen) atoms. The number of hydrogen-bond donors (Lipinski definition) is 3. The second-order valence-electron chi connectivity index (χ2n) is 6.38. The van der Waals surface area contributed by atoms with Crippen molar-refractivity contribution in [2.45, 2.75) is 6.18 Å². The largest absolute Gasteiger partial charge is 0.484 e. The van der Waals surface area contributed by atoms with E-state index in [0.29, 0.717) is 17.1 Å². The van der Waals surface area contributed by atoms with Crippen molar-refractivity contribution in [3.8, 4) is 5.75 Å². The Bertz CT molecular complexity index is 1040. The van der Waals surface area contributed by atoms with Crippen LogP contribution in [0.2, 0.25) is 0 Å². The smallest absolute Gasteiger partial charge is 0.416 e. The monoisotopic (exact) mass is 429 g/mol. The number of anilines is 3. The van der Waals surface area contributed by atoms with Gasteiger partial charge in [0.25, 0.3) is 5.91 Å². The van der Waals surface area contributed by atoms with Crippen LogP contribution in [0.4, 0.5) is 35.0 Å². The van der Waals surface area contributed by atoms with Crippen LogP contribution in [0.3, 0.4) is 0 Å². The molecule has 3 N–H and O–H groups in total. The predicted octanol–water partition coefficient (Wildman–Crippen LogP) is 5.37. The molecule has 0 aliphatic carbocycles. The lowest BCUT2D eigenvalue weighted by atomic mass is 10.2. The number of benzene rings is 3. The van der Waals surface area contributed by atoms with E-state index in [9.17, 15) is 22.8 Å². The summed E-state index contributed by atoms with van der Waals surface area (Å²) in [4.78, 5) is 24.0. The summed E-state index contributed by atoms with van der Waals surface area (Å²) in [6, 6.07) is 19.1. The lowest BCUT2D eigenvalue weighted by molar-refractivity contribution is -0.137. The highest BCUT2D eigenvalue weighted by Gasteiger charge is 2.30. The van der Waals surface area contributed by atoms with Gasteiger partial charge in [0.1, 0.15) is 5.75 Å². The van der Waals surface area contributed by atoms with E-state index >= 15 is 0 Å². The highest BCUT2D eigenvalue weighted by atomic mass is 19.4. The van der Waals surface area contributed by atoms with Crippen LogP contribution >= 0.6 is 0 Å². The van der Waals surface area contributed by atoms with Gasteiger partial charge in [0.05, 0.1) is 5.56 Å². The highest BCUT2D eigenvalue weighted by molar-refractivity contribution is 6.00. The molecule has 0 spiro atoms. The summed E-state index contributed by atoms with van der Waals surface area (Å²) in [6.45, 7) is -0.458. The van der Waals surface area contributed by atoms with Crippen LogP contribution in [0.25, 0.3) is 0 Å². The lowest BCUT2D eigenvalue weighted by Gasteiger charge is -2.11. The van der Waals surface area contributed by atoms with Crippen molar-refractivity contribution in [2.24, 2.45) is 0 Å². The van der Waals surface area contributed by atoms with Gasteiger partial charge < -0.3 is 20.7 Å². The lowest BCUT2D eigenvalue weighted by Crippen LogP contribution is -2.21. The first-order valence-electron chi connectivity index (χ1n) is 9.12. The van der Waals surface area contributed by atoms with Crippen molar-refractivity contribution >= 4 is 29.0 Å². The van der Waals surface area contributed by atoms with Gasteiger partial charge in [0.15, 0.2) is 6.61 Å². The van der Waals surface area contributed by atoms with Crippen LogP contribution < -0.4 is 20.7 Å². The topological polar surface area (TPSA) is 79.5 Å². The number of rotatable bonds is 6. The van der Waals surface area contributed by atoms with Crippen LogP contribution in [0.1, 0.15) is 5.56 Å². The summed E-state index contributed by atoms with van der Waals surface area (Å²) in [5.41, 5.74) is 0.729. The number of amides is 3. The number of carbonyl (C=O) groups excluding carboxylic acids is 2. The van der Waals surface area contributed by atoms with Crippen LogP contribution in [-0.4, -0.2) is 18.5 Å². The molecule has 0 radical (unpaired) electrons. The van der Waals surface area contributed by atoms with Gasteiger partial charge in [-0.25, -0.2) is 4.79 Å². The molecule has 3 aromatic carbocycles. The van der Waals surface area contributed by atoms with Crippen LogP contribution in [0.15, 0.2) is 78.9 Å². The minimum Gasteiger partial charge on any atom is -0.484 e. The van der Waals surface area contributed by atoms with Crippen molar-refractivity contribution < 1.29 is 27.5 Å². The first kappa shape index (κ1) is 21.7. The second kappa shape index (κ2) is 9.66. The number of carbonyl (C=O) groups is 2. The van der Waals surface area contributed by atoms with Gasteiger partial charge in [-0.3, -0.25) is 4.79 Å². The van der Waals surface area contributed by atoms with E-state index in [1.54, 1.807) is 48.5 Å². The summed E-state index contributed by atoms with van der Waals surface area (Å²) in [5.74, 6) is -0.603. The Kier molecular flexibility index (Phi) is 6.76. The van der Waals surface area contributed by atoms with Gasteiger partial charge in [-0.05, 0) is 54.6 Å². The third-order valence-corrected chi connectivity index (χ3v) is 3.99. The average molecular weight is 429 g/mol. The van der Waals surface area contributed by atoms with Gasteiger partial charge in [-0.2, -0.15) is 13.2 Å². The first-order valence-corrected chi connectivity index (χ1v) is 9.12. The molecule has 0 heterocycles. The van der Waals surface area contributed by atoms with Crippen molar-refractivity contribution in [1.29, 1.82) is 0 Å². The van der Waals surface area contributed by atoms with E-state index in [2.05, 4.69) is 16.0 Å². The van der Waals surface area contributed by atoms with Crippen molar-refractivity contribution in [3.63, 3.8) is 0 Å². The van der Waals surface area contributed by atoms with Gasteiger partial charge in [-0.15, -0.1) is 0 Å². The SMILES string of the molecule is O=C(COc1cccc(C(F)(F)F)c1)Nc1ccc(NC(=O)Nc2ccccc2)cc1. The van der Waals surface area contributed by atoms with E-state index in [0.717, 1.165) is 12.1 Å². The Morgan fingerprint density at radius 2 is 1.32 bits per heavy atom. The molecule has 3 aromatic rings. The number of hydrogen-bond acceptors (Lipinski definition) is 3. The van der Waals surface area contributed by atoms with E-state index in [-0.39, 0.29) is 5.75 Å². The van der Waals surface area contributed by atoms with E-state index in [1.807, 2.05) is 6.07 Å². The molecule has 0 saturated carbocycles. The molecule has 0 aromatic heterocycles. The number of para-hydroxylation sites is 1. The van der Waals surface area contributed by atoms with Gasteiger partial charge in [-0.1, -0.05) is 24.3 Å². The standard InChI is InChI=1S/C22H18F3N3O3/c23-22(24,25)15-5-4-8-19(13-15)31-14-20(29)26-17-9-11-18(12-10-17)28-21(30)27-16-6-2-1-3-7-16/h1-13H,14H2,(H,26,29)(H2,27,28,30). The molecular weight excluding hydrogens is 411 g/mol. The Morgan fingerprint density at radius 1 is 0.742 bits per heavy atom. The van der Waals surface area contributed by atoms with Crippen molar-refractivity contribution in [1.82, 2.24) is 0 Å². The predicted molar refractivity (Wildman–Crippen MR) is 111 cm³/mol. The molecule has 0 aliphatic heterocycles. The van der Waals surface area contributed by atoms with Crippen LogP contribution in [-0.2, 0) is 11.0 Å². The normalized spacial score (nSPS) is 10.8. The van der Waals surface area contributed by atoms with Crippen molar-refractivity contribution in [3.05, 3.63) is 84.4 Å². The summed E-state index contributed by atoms with van der Waals surface area (Å²) >= 11 is 0. The molecule has 0 saturated heterocycles. The fourth-order valence-corrected chi connectivity index (χ4v) is 2.56. The van der Waals surface area contributed by atoms with Gasteiger partial charge in [0.2, 0.25) is 0 Å². The maximum absolute atomic E-state index is 12.7. The molecule has 6 nitrogen and oxygen atoms in total. The number of nitrogens with one attached hydrogen (secondary N) is 3. The van der Waals surface area contributed by atoms with Crippen molar-refractivity contribution in [2.75, 3.05) is 22.6 Å². The maximum atomic E-state index is 12.7. The van der Waals surface area contributed by atoms with Crippen LogP contribution in [0, 0.1) is 0 Å². The fraction of sp³-hybridized carbons (Fsp3) is 0.0909. The maximum Gasteiger partial charge on any atom is 0.416 e. The zero-order chi connectivity index (χ0) is 22.3. The third-order valence-electron chi connectivity index (χ3n) is 3.99. The third kappa shape index (κ3) is 6.77. The Morgan fingerprint density at radius 3 is 1.94 bits per heavy atom. The van der Waals surface area contributed by atoms with Gasteiger partial charge >= 0.3 is 12.2 Å². The van der Waals surface area contributed by atoms with E-state index in [4.69, 9.17) is 4.74 Å². The van der Waals surface area contributed by atoms with Gasteiger partial charge in [0, 0.05) is 17.1 Å².